The van der Waals surface area contributed by atoms with E-state index in [9.17, 15) is 0 Å². The van der Waals surface area contributed by atoms with Crippen molar-refractivity contribution >= 4 is 44.8 Å². The van der Waals surface area contributed by atoms with E-state index in [4.69, 9.17) is 13.6 Å². The molecule has 0 aromatic heterocycles. The van der Waals surface area contributed by atoms with Crippen LogP contribution in [0.1, 0.15) is 14.9 Å². The number of benzene rings is 2. The van der Waals surface area contributed by atoms with E-state index in [0.29, 0.717) is 0 Å². The van der Waals surface area contributed by atoms with Gasteiger partial charge in [-0.25, -0.2) is 0 Å². The van der Waals surface area contributed by atoms with E-state index in [1.807, 2.05) is 38.9 Å². The van der Waals surface area contributed by atoms with Crippen molar-refractivity contribution in [1.82, 2.24) is 0 Å². The quantitative estimate of drug-likeness (QED) is 0.364. The maximum Gasteiger partial charge on any atom is 0.252 e. The molecule has 0 amide bonds. The van der Waals surface area contributed by atoms with Crippen LogP contribution in [0.15, 0.2) is 60.7 Å². The molecular weight excluding hydrogens is 828 g/mol. The van der Waals surface area contributed by atoms with Crippen molar-refractivity contribution in [3.05, 3.63) is 60.7 Å². The first-order valence-corrected chi connectivity index (χ1v) is 21.5. The molecule has 0 fully saturated rings. The molecule has 0 unspecified atom stereocenters. The van der Waals surface area contributed by atoms with Crippen molar-refractivity contribution in [2.45, 2.75) is 73.8 Å². The van der Waals surface area contributed by atoms with Crippen molar-refractivity contribution in [2.24, 2.45) is 0 Å². The average Bonchev–Trinajstić information content (AvgIpc) is 2.67. The zero-order valence-electron chi connectivity index (χ0n) is 21.9. The van der Waals surface area contributed by atoms with E-state index in [2.05, 4.69) is 87.8 Å². The molecule has 9 heteroatoms. The molecule has 3 nitrogen and oxygen atoms in total. The molecule has 0 saturated heterocycles. The van der Waals surface area contributed by atoms with Crippen LogP contribution in [0.5, 0.6) is 0 Å². The second-order valence-corrected chi connectivity index (χ2v) is 21.9. The normalized spacial score (nSPS) is 9.59. The third-order valence-electron chi connectivity index (χ3n) is 3.47. The molecule has 2 aromatic carbocycles. The minimum atomic E-state index is -1.98. The predicted molar refractivity (Wildman–Crippen MR) is 158 cm³/mol. The fourth-order valence-electron chi connectivity index (χ4n) is 1.91. The third kappa shape index (κ3) is 28.8. The van der Waals surface area contributed by atoms with Crippen LogP contribution in [0.25, 0.3) is 0 Å². The summed E-state index contributed by atoms with van der Waals surface area (Å²) in [5.41, 5.74) is 0. The van der Waals surface area contributed by atoms with Crippen molar-refractivity contribution in [3.8, 4) is 0 Å². The van der Waals surface area contributed by atoms with Gasteiger partial charge in [-0.1, -0.05) is 95.2 Å². The van der Waals surface area contributed by atoms with Crippen molar-refractivity contribution in [1.29, 1.82) is 0 Å². The van der Waals surface area contributed by atoms with Crippen LogP contribution >= 0.6 is 0 Å². The van der Waals surface area contributed by atoms with E-state index in [1.165, 1.54) is 10.4 Å². The molecule has 0 bridgehead atoms. The Morgan fingerprint density at radius 3 is 1.00 bits per heavy atom. The summed E-state index contributed by atoms with van der Waals surface area (Å²) in [5.74, 6) is 0. The molecule has 0 aliphatic carbocycles. The summed E-state index contributed by atoms with van der Waals surface area (Å²) in [4.78, 5) is 8.66. The van der Waals surface area contributed by atoms with E-state index in [-0.39, 0.29) is 74.8 Å². The van der Waals surface area contributed by atoms with Crippen molar-refractivity contribution in [3.63, 3.8) is 0 Å². The fraction of sp³-hybridized carbons (Fsp3) is 0.520. The van der Waals surface area contributed by atoms with Crippen molar-refractivity contribution < 1.29 is 55.8 Å². The number of hydrogen-bond donors (Lipinski definition) is 1. The summed E-state index contributed by atoms with van der Waals surface area (Å²) in [5, 5.41) is 2.62. The minimum Gasteiger partial charge on any atom is -0.433 e. The van der Waals surface area contributed by atoms with Gasteiger partial charge in [0.15, 0.2) is 8.32 Å². The Bertz CT molecular complexity index is 593. The van der Waals surface area contributed by atoms with Gasteiger partial charge in [0.2, 0.25) is 9.04 Å². The van der Waals surface area contributed by atoms with Gasteiger partial charge in [0.25, 0.3) is 8.32 Å². The van der Waals surface area contributed by atoms with Crippen LogP contribution in [0.2, 0.25) is 58.9 Å². The molecule has 0 aliphatic heterocycles. The second-order valence-electron chi connectivity index (χ2n) is 8.75. The first-order valence-electron chi connectivity index (χ1n) is 10.3. The smallest absolute Gasteiger partial charge is 0.252 e. The molecule has 34 heavy (non-hydrogen) atoms. The molecule has 0 heterocycles. The van der Waals surface area contributed by atoms with Crippen LogP contribution in [-0.2, 0) is 51.0 Å². The first kappa shape index (κ1) is 47.7. The van der Waals surface area contributed by atoms with Crippen LogP contribution in [0.3, 0.4) is 0 Å². The Morgan fingerprint density at radius 1 is 0.647 bits per heavy atom. The number of rotatable bonds is 4. The zero-order valence-corrected chi connectivity index (χ0v) is 31.7. The Balaban J connectivity index is -0.0000000924. The maximum atomic E-state index is 8.66. The second kappa shape index (κ2) is 26.6. The predicted octanol–water partition coefficient (Wildman–Crippen LogP) is 6.36. The SMILES string of the molecule is C.C.CO[Si](C)(c1ccccc1)c1ccccc1.CO[Si](C)C.C[Si](C)(C)O.C[Si](C)C.[W].[W]. The largest absolute Gasteiger partial charge is 0.433 e. The van der Waals surface area contributed by atoms with Gasteiger partial charge in [0.1, 0.15) is 0 Å². The summed E-state index contributed by atoms with van der Waals surface area (Å²) in [6.07, 6.45) is 0. The summed E-state index contributed by atoms with van der Waals surface area (Å²) in [6, 6.07) is 21.0. The first-order chi connectivity index (χ1) is 13.8. The van der Waals surface area contributed by atoms with Crippen LogP contribution in [-0.4, -0.2) is 53.5 Å². The maximum absolute atomic E-state index is 8.66. The molecule has 2 aromatic rings. The van der Waals surface area contributed by atoms with Gasteiger partial charge >= 0.3 is 0 Å². The summed E-state index contributed by atoms with van der Waals surface area (Å²) >= 11 is 0. The topological polar surface area (TPSA) is 38.7 Å². The standard InChI is InChI=1S/C14H16OSi.C3H10OSi.C3H9OSi.C3H9Si.2CH4.2W/c1-15-16(2,13-9-5-3-6-10-13)14-11-7-4-8-12-14;1-5(2,3)4;1-4-5(2)3;1-4(2)3;;;;/h3-12H,1-2H3;4H,1-3H3;1-3H3;1-3H3;2*1H4;;. The molecular formula is C25H52O3Si4W2. The Hall–Kier alpha value is 0.564. The van der Waals surface area contributed by atoms with E-state index in [1.54, 1.807) is 7.11 Å². The Kier molecular flexibility index (Phi) is 37.4. The van der Waals surface area contributed by atoms with Gasteiger partial charge in [-0.15, -0.1) is 0 Å². The van der Waals surface area contributed by atoms with E-state index >= 15 is 0 Å². The van der Waals surface area contributed by atoms with Gasteiger partial charge in [0.05, 0.1) is 0 Å². The Labute approximate surface area is 247 Å². The van der Waals surface area contributed by atoms with Gasteiger partial charge in [-0.3, -0.25) is 0 Å². The van der Waals surface area contributed by atoms with Crippen LogP contribution in [0, 0.1) is 0 Å². The summed E-state index contributed by atoms with van der Waals surface area (Å²) < 4.78 is 10.7. The Morgan fingerprint density at radius 2 is 0.853 bits per heavy atom. The molecule has 198 valence electrons. The molecule has 2 rings (SSSR count). The van der Waals surface area contributed by atoms with E-state index in [0.717, 1.165) is 0 Å². The monoisotopic (exact) mass is 880 g/mol. The van der Waals surface area contributed by atoms with Gasteiger partial charge < -0.3 is 13.6 Å². The molecule has 0 atom stereocenters. The molecule has 0 aliphatic rings. The van der Waals surface area contributed by atoms with Crippen LogP contribution in [0.4, 0.5) is 0 Å². The molecule has 0 spiro atoms. The average molecular weight is 881 g/mol. The summed E-state index contributed by atoms with van der Waals surface area (Å²) in [7, 11) is -0.284. The molecule has 0 saturated carbocycles. The third-order valence-corrected chi connectivity index (χ3v) is 7.97. The van der Waals surface area contributed by atoms with Crippen LogP contribution < -0.4 is 10.4 Å². The fourth-order valence-corrected chi connectivity index (χ4v) is 4.38. The zero-order chi connectivity index (χ0) is 23.8. The van der Waals surface area contributed by atoms with E-state index < -0.39 is 16.6 Å². The van der Waals surface area contributed by atoms with Gasteiger partial charge in [-0.2, -0.15) is 0 Å². The summed E-state index contributed by atoms with van der Waals surface area (Å²) in [6.45, 7) is 18.9. The van der Waals surface area contributed by atoms with Crippen molar-refractivity contribution in [2.75, 3.05) is 14.2 Å². The minimum absolute atomic E-state index is 0. The molecule has 1 N–H and O–H groups in total. The van der Waals surface area contributed by atoms with Gasteiger partial charge in [0, 0.05) is 65.1 Å². The molecule has 2 radical (unpaired) electrons. The number of hydrogen-bond acceptors (Lipinski definition) is 3. The van der Waals surface area contributed by atoms with Gasteiger partial charge in [-0.05, 0) is 49.7 Å².